The Balaban J connectivity index is 2.22. The largest absolute Gasteiger partial charge is 0.396 e. The summed E-state index contributed by atoms with van der Waals surface area (Å²) < 4.78 is 4.14. The molecule has 3 aromatic rings. The molecule has 0 radical (unpaired) electrons. The van der Waals surface area contributed by atoms with Gasteiger partial charge >= 0.3 is 5.69 Å². The van der Waals surface area contributed by atoms with Crippen LogP contribution in [0.2, 0.25) is 5.02 Å². The number of hydrogen-bond donors (Lipinski definition) is 1. The first-order valence-electron chi connectivity index (χ1n) is 9.89. The topological polar surface area (TPSA) is 104 Å². The number of halogens is 1. The molecule has 10 heteroatoms. The van der Waals surface area contributed by atoms with Crippen LogP contribution in [-0.4, -0.2) is 42.2 Å². The molecule has 0 aliphatic carbocycles. The highest BCUT2D eigenvalue weighted by molar-refractivity contribution is 6.30. The molecule has 0 aliphatic rings. The molecule has 0 aliphatic heterocycles. The van der Waals surface area contributed by atoms with Gasteiger partial charge in [-0.1, -0.05) is 28.9 Å². The molecule has 0 spiro atoms. The van der Waals surface area contributed by atoms with Crippen LogP contribution in [0.4, 0.5) is 0 Å². The van der Waals surface area contributed by atoms with Gasteiger partial charge in [0.1, 0.15) is 11.8 Å². The van der Waals surface area contributed by atoms with Crippen LogP contribution < -0.4 is 11.2 Å². The molecule has 0 atom stereocenters. The zero-order valence-corrected chi connectivity index (χ0v) is 18.8. The average Bonchev–Trinajstić information content (AvgIpc) is 3.05. The lowest BCUT2D eigenvalue weighted by atomic mass is 10.2. The van der Waals surface area contributed by atoms with Crippen molar-refractivity contribution >= 4 is 29.0 Å². The molecule has 0 saturated heterocycles. The molecule has 0 amide bonds. The van der Waals surface area contributed by atoms with Crippen molar-refractivity contribution in [3.05, 3.63) is 61.5 Å². The summed E-state index contributed by atoms with van der Waals surface area (Å²) in [5, 5.41) is 13.8. The van der Waals surface area contributed by atoms with Crippen molar-refractivity contribution in [2.45, 2.75) is 45.9 Å². The Morgan fingerprint density at radius 2 is 1.87 bits per heavy atom. The number of hydrogen-bond acceptors (Lipinski definition) is 6. The standard InChI is InChI=1S/C21H26ClN5O4/c1-21(2,3)31-23-12-16-24-18-17(27(16)13-14-6-8-15(22)9-7-14)19(29)26(10-5-11-28)20(30)25(18)4/h6-9,12,28H,5,10-11,13H2,1-4H3/b23-12+. The molecule has 1 aromatic carbocycles. The summed E-state index contributed by atoms with van der Waals surface area (Å²) in [7, 11) is 1.56. The van der Waals surface area contributed by atoms with Gasteiger partial charge in [0.2, 0.25) is 0 Å². The molecule has 2 heterocycles. The maximum absolute atomic E-state index is 13.2. The van der Waals surface area contributed by atoms with Crippen LogP contribution in [0.5, 0.6) is 0 Å². The van der Waals surface area contributed by atoms with Crippen LogP contribution in [0.3, 0.4) is 0 Å². The molecule has 0 fully saturated rings. The molecule has 31 heavy (non-hydrogen) atoms. The minimum absolute atomic E-state index is 0.112. The number of nitrogens with zero attached hydrogens (tertiary/aromatic N) is 5. The van der Waals surface area contributed by atoms with Gasteiger partial charge in [-0.2, -0.15) is 0 Å². The second-order valence-electron chi connectivity index (χ2n) is 8.17. The van der Waals surface area contributed by atoms with E-state index in [9.17, 15) is 9.59 Å². The predicted octanol–water partition coefficient (Wildman–Crippen LogP) is 2.13. The SMILES string of the molecule is Cn1c(=O)n(CCCO)c(=O)c2c1nc(/C=N/OC(C)(C)C)n2Cc1ccc(Cl)cc1. The second kappa shape index (κ2) is 9.07. The summed E-state index contributed by atoms with van der Waals surface area (Å²) in [6, 6.07) is 7.24. The van der Waals surface area contributed by atoms with Crippen molar-refractivity contribution in [1.82, 2.24) is 18.7 Å². The van der Waals surface area contributed by atoms with E-state index in [4.69, 9.17) is 21.5 Å². The summed E-state index contributed by atoms with van der Waals surface area (Å²) in [5.41, 5.74) is -0.0345. The fraction of sp³-hybridized carbons (Fsp3) is 0.429. The summed E-state index contributed by atoms with van der Waals surface area (Å²) >= 11 is 6.00. The number of fused-ring (bicyclic) bond motifs is 1. The first-order chi connectivity index (χ1) is 14.6. The van der Waals surface area contributed by atoms with Gasteiger partial charge in [-0.25, -0.2) is 9.78 Å². The number of aliphatic hydroxyl groups excluding tert-OH is 1. The van der Waals surface area contributed by atoms with Crippen molar-refractivity contribution < 1.29 is 9.94 Å². The highest BCUT2D eigenvalue weighted by Crippen LogP contribution is 2.16. The number of benzene rings is 1. The number of imidazole rings is 1. The molecular formula is C21H26ClN5O4. The van der Waals surface area contributed by atoms with Gasteiger partial charge < -0.3 is 14.5 Å². The fourth-order valence-electron chi connectivity index (χ4n) is 3.08. The highest BCUT2D eigenvalue weighted by Gasteiger charge is 2.20. The molecule has 3 rings (SSSR count). The number of oxime groups is 1. The molecule has 0 unspecified atom stereocenters. The molecule has 0 saturated carbocycles. The van der Waals surface area contributed by atoms with Crippen LogP contribution in [0.15, 0.2) is 39.0 Å². The summed E-state index contributed by atoms with van der Waals surface area (Å²) in [5.74, 6) is 0.376. The molecule has 0 bridgehead atoms. The van der Waals surface area contributed by atoms with Crippen LogP contribution >= 0.6 is 11.6 Å². The highest BCUT2D eigenvalue weighted by atomic mass is 35.5. The Hall–Kier alpha value is -2.91. The van der Waals surface area contributed by atoms with Crippen molar-refractivity contribution in [2.24, 2.45) is 12.2 Å². The van der Waals surface area contributed by atoms with Gasteiger partial charge in [0.25, 0.3) is 5.56 Å². The van der Waals surface area contributed by atoms with Crippen molar-refractivity contribution in [2.75, 3.05) is 6.61 Å². The van der Waals surface area contributed by atoms with E-state index in [1.807, 2.05) is 32.9 Å². The van der Waals surface area contributed by atoms with E-state index in [1.54, 1.807) is 23.7 Å². The van der Waals surface area contributed by atoms with Crippen LogP contribution in [0, 0.1) is 0 Å². The molecule has 166 valence electrons. The van der Waals surface area contributed by atoms with Crippen molar-refractivity contribution in [3.63, 3.8) is 0 Å². The number of aromatic nitrogens is 4. The van der Waals surface area contributed by atoms with E-state index in [1.165, 1.54) is 10.8 Å². The van der Waals surface area contributed by atoms with Gasteiger partial charge in [-0.15, -0.1) is 0 Å². The minimum Gasteiger partial charge on any atom is -0.396 e. The van der Waals surface area contributed by atoms with Gasteiger partial charge in [-0.05, 0) is 44.9 Å². The van der Waals surface area contributed by atoms with Crippen LogP contribution in [-0.2, 0) is 25.0 Å². The summed E-state index contributed by atoms with van der Waals surface area (Å²) in [6.45, 7) is 5.90. The smallest absolute Gasteiger partial charge is 0.332 e. The maximum Gasteiger partial charge on any atom is 0.332 e. The summed E-state index contributed by atoms with van der Waals surface area (Å²) in [6.07, 6.45) is 1.73. The van der Waals surface area contributed by atoms with Gasteiger partial charge in [0.05, 0.1) is 0 Å². The van der Waals surface area contributed by atoms with E-state index >= 15 is 0 Å². The maximum atomic E-state index is 13.2. The first kappa shape index (κ1) is 22.8. The Morgan fingerprint density at radius 1 is 1.19 bits per heavy atom. The minimum atomic E-state index is -0.493. The Morgan fingerprint density at radius 3 is 2.48 bits per heavy atom. The van der Waals surface area contributed by atoms with E-state index in [-0.39, 0.29) is 24.3 Å². The zero-order valence-electron chi connectivity index (χ0n) is 18.0. The third kappa shape index (κ3) is 5.05. The lowest BCUT2D eigenvalue weighted by molar-refractivity contribution is 0.00191. The van der Waals surface area contributed by atoms with E-state index in [0.717, 1.165) is 10.1 Å². The molecule has 2 aromatic heterocycles. The lowest BCUT2D eigenvalue weighted by Gasteiger charge is -2.14. The number of aliphatic hydroxyl groups is 1. The zero-order chi connectivity index (χ0) is 22.8. The number of aryl methyl sites for hydroxylation is 1. The average molecular weight is 448 g/mol. The van der Waals surface area contributed by atoms with Gasteiger partial charge in [0.15, 0.2) is 17.0 Å². The Labute approximate surface area is 184 Å². The van der Waals surface area contributed by atoms with E-state index in [2.05, 4.69) is 10.1 Å². The number of rotatable bonds is 7. The molecular weight excluding hydrogens is 422 g/mol. The lowest BCUT2D eigenvalue weighted by Crippen LogP contribution is -2.40. The van der Waals surface area contributed by atoms with E-state index < -0.39 is 16.9 Å². The second-order valence-corrected chi connectivity index (χ2v) is 8.60. The third-order valence-corrected chi connectivity index (χ3v) is 4.80. The molecule has 1 N–H and O–H groups in total. The fourth-order valence-corrected chi connectivity index (χ4v) is 3.20. The van der Waals surface area contributed by atoms with Crippen LogP contribution in [0.25, 0.3) is 11.2 Å². The normalized spacial score (nSPS) is 12.2. The third-order valence-electron chi connectivity index (χ3n) is 4.55. The monoisotopic (exact) mass is 447 g/mol. The van der Waals surface area contributed by atoms with Crippen LogP contribution in [0.1, 0.15) is 38.6 Å². The Bertz CT molecular complexity index is 1220. The van der Waals surface area contributed by atoms with Crippen molar-refractivity contribution in [3.8, 4) is 0 Å². The predicted molar refractivity (Wildman–Crippen MR) is 120 cm³/mol. The Kier molecular flexibility index (Phi) is 6.66. The van der Waals surface area contributed by atoms with E-state index in [0.29, 0.717) is 23.8 Å². The summed E-state index contributed by atoms with van der Waals surface area (Å²) in [4.78, 5) is 35.8. The van der Waals surface area contributed by atoms with Crippen molar-refractivity contribution in [1.29, 1.82) is 0 Å². The first-order valence-corrected chi connectivity index (χ1v) is 10.3. The quantitative estimate of drug-likeness (QED) is 0.441. The van der Waals surface area contributed by atoms with Gasteiger partial charge in [0, 0.05) is 31.8 Å². The van der Waals surface area contributed by atoms with Gasteiger partial charge in [-0.3, -0.25) is 13.9 Å². The molecule has 9 nitrogen and oxygen atoms in total.